The Balaban J connectivity index is 1.42. The molecule has 1 aromatic rings. The van der Waals surface area contributed by atoms with Gasteiger partial charge in [-0.05, 0) is 81.3 Å². The topological polar surface area (TPSA) is 49.4 Å². The second-order valence-electron chi connectivity index (χ2n) is 9.17. The average molecular weight is 354 g/mol. The summed E-state index contributed by atoms with van der Waals surface area (Å²) in [6, 6.07) is 5.98. The molecule has 0 saturated heterocycles. The minimum Gasteiger partial charge on any atom is -0.336 e. The number of aryl methyl sites for hydroxylation is 2. The van der Waals surface area contributed by atoms with Crippen LogP contribution in [0.15, 0.2) is 18.2 Å². The van der Waals surface area contributed by atoms with E-state index in [4.69, 9.17) is 0 Å². The van der Waals surface area contributed by atoms with Crippen molar-refractivity contribution in [1.29, 1.82) is 0 Å². The minimum absolute atomic E-state index is 0.108. The molecule has 0 atom stereocenters. The lowest BCUT2D eigenvalue weighted by atomic mass is 9.49. The van der Waals surface area contributed by atoms with Crippen molar-refractivity contribution in [2.75, 3.05) is 18.9 Å². The maximum Gasteiger partial charge on any atom is 0.243 e. The van der Waals surface area contributed by atoms with E-state index in [-0.39, 0.29) is 23.8 Å². The lowest BCUT2D eigenvalue weighted by Gasteiger charge is -2.56. The Bertz CT molecular complexity index is 684. The molecule has 2 amide bonds. The number of hydrogen-bond acceptors (Lipinski definition) is 2. The van der Waals surface area contributed by atoms with Crippen molar-refractivity contribution in [3.8, 4) is 0 Å². The zero-order valence-corrected chi connectivity index (χ0v) is 16.2. The molecule has 1 N–H and O–H groups in total. The van der Waals surface area contributed by atoms with Crippen LogP contribution in [0.1, 0.15) is 49.7 Å². The summed E-state index contributed by atoms with van der Waals surface area (Å²) in [5.41, 5.74) is 2.79. The lowest BCUT2D eigenvalue weighted by Crippen LogP contribution is -2.54. The number of carbonyl (C=O) groups is 2. The Labute approximate surface area is 156 Å². The molecule has 4 nitrogen and oxygen atoms in total. The molecule has 0 unspecified atom stereocenters. The first-order valence-electron chi connectivity index (χ1n) is 9.98. The van der Waals surface area contributed by atoms with Crippen LogP contribution in [0.2, 0.25) is 0 Å². The van der Waals surface area contributed by atoms with E-state index in [1.807, 2.05) is 32.0 Å². The molecule has 4 aliphatic carbocycles. The Morgan fingerprint density at radius 2 is 1.54 bits per heavy atom. The first-order valence-corrected chi connectivity index (χ1v) is 9.98. The van der Waals surface area contributed by atoms with Crippen molar-refractivity contribution in [3.63, 3.8) is 0 Å². The Morgan fingerprint density at radius 1 is 1.04 bits per heavy atom. The predicted octanol–water partition coefficient (Wildman–Crippen LogP) is 3.92. The molecule has 4 aliphatic rings. The second kappa shape index (κ2) is 6.40. The molecule has 0 heterocycles. The van der Waals surface area contributed by atoms with E-state index in [2.05, 4.69) is 5.32 Å². The second-order valence-corrected chi connectivity index (χ2v) is 9.17. The number of anilines is 1. The van der Waals surface area contributed by atoms with Gasteiger partial charge in [-0.2, -0.15) is 0 Å². The number of carbonyl (C=O) groups excluding carboxylic acids is 2. The van der Waals surface area contributed by atoms with E-state index in [1.165, 1.54) is 19.3 Å². The van der Waals surface area contributed by atoms with Crippen LogP contribution in [0.4, 0.5) is 5.69 Å². The summed E-state index contributed by atoms with van der Waals surface area (Å²) in [5.74, 6) is 2.31. The monoisotopic (exact) mass is 354 g/mol. The van der Waals surface area contributed by atoms with E-state index in [1.54, 1.807) is 11.9 Å². The van der Waals surface area contributed by atoms with E-state index < -0.39 is 0 Å². The fraction of sp³-hybridized carbons (Fsp3) is 0.636. The molecule has 0 radical (unpaired) electrons. The van der Waals surface area contributed by atoms with Crippen LogP contribution in [0.3, 0.4) is 0 Å². The van der Waals surface area contributed by atoms with Crippen molar-refractivity contribution in [2.24, 2.45) is 23.2 Å². The normalized spacial score (nSPS) is 31.7. The van der Waals surface area contributed by atoms with Crippen LogP contribution in [-0.4, -0.2) is 30.3 Å². The number of rotatable bonds is 4. The smallest absolute Gasteiger partial charge is 0.243 e. The van der Waals surface area contributed by atoms with Crippen LogP contribution in [0.5, 0.6) is 0 Å². The largest absolute Gasteiger partial charge is 0.336 e. The maximum absolute atomic E-state index is 13.3. The number of benzene rings is 1. The predicted molar refractivity (Wildman–Crippen MR) is 103 cm³/mol. The van der Waals surface area contributed by atoms with Gasteiger partial charge >= 0.3 is 0 Å². The van der Waals surface area contributed by atoms with Crippen molar-refractivity contribution < 1.29 is 9.59 Å². The molecule has 0 spiro atoms. The van der Waals surface area contributed by atoms with Gasteiger partial charge in [0.15, 0.2) is 0 Å². The standard InChI is InChI=1S/C22H30N2O2/c1-14-5-4-6-15(2)20(14)23-19(25)13-24(3)21(26)22-10-16-7-17(11-22)9-18(8-16)12-22/h4-6,16-18H,7-13H2,1-3H3,(H,23,25). The molecule has 0 aromatic heterocycles. The number of amides is 2. The van der Waals surface area contributed by atoms with Crippen LogP contribution in [0, 0.1) is 37.0 Å². The van der Waals surface area contributed by atoms with Gasteiger partial charge in [-0.3, -0.25) is 9.59 Å². The Hall–Kier alpha value is -1.84. The lowest BCUT2D eigenvalue weighted by molar-refractivity contribution is -0.157. The summed E-state index contributed by atoms with van der Waals surface area (Å²) >= 11 is 0. The van der Waals surface area contributed by atoms with Gasteiger partial charge in [-0.25, -0.2) is 0 Å². The highest BCUT2D eigenvalue weighted by atomic mass is 16.2. The third kappa shape index (κ3) is 3.04. The summed E-state index contributed by atoms with van der Waals surface area (Å²) in [7, 11) is 1.80. The van der Waals surface area contributed by atoms with Gasteiger partial charge in [0.2, 0.25) is 11.8 Å². The van der Waals surface area contributed by atoms with Gasteiger partial charge in [-0.1, -0.05) is 18.2 Å². The Kier molecular flexibility index (Phi) is 4.32. The third-order valence-corrected chi connectivity index (χ3v) is 6.96. The zero-order valence-electron chi connectivity index (χ0n) is 16.2. The quantitative estimate of drug-likeness (QED) is 0.891. The molecule has 26 heavy (non-hydrogen) atoms. The van der Waals surface area contributed by atoms with E-state index in [0.29, 0.717) is 0 Å². The van der Waals surface area contributed by atoms with Gasteiger partial charge < -0.3 is 10.2 Å². The minimum atomic E-state index is -0.178. The van der Waals surface area contributed by atoms with Crippen molar-refractivity contribution >= 4 is 17.5 Å². The van der Waals surface area contributed by atoms with E-state index in [0.717, 1.165) is 53.8 Å². The molecule has 0 aliphatic heterocycles. The number of nitrogens with one attached hydrogen (secondary N) is 1. The number of likely N-dealkylation sites (N-methyl/N-ethyl adjacent to an activating group) is 1. The van der Waals surface area contributed by atoms with Crippen molar-refractivity contribution in [1.82, 2.24) is 4.90 Å². The summed E-state index contributed by atoms with van der Waals surface area (Å²) in [4.78, 5) is 27.5. The molecule has 4 bridgehead atoms. The van der Waals surface area contributed by atoms with Crippen molar-refractivity contribution in [3.05, 3.63) is 29.3 Å². The summed E-state index contributed by atoms with van der Waals surface area (Å²) in [5, 5.41) is 3.01. The first kappa shape index (κ1) is 17.6. The van der Waals surface area contributed by atoms with Gasteiger partial charge in [0.05, 0.1) is 12.0 Å². The van der Waals surface area contributed by atoms with Crippen LogP contribution >= 0.6 is 0 Å². The highest BCUT2D eigenvalue weighted by Crippen LogP contribution is 2.60. The van der Waals surface area contributed by atoms with Crippen LogP contribution in [-0.2, 0) is 9.59 Å². The molecular weight excluding hydrogens is 324 g/mol. The summed E-state index contributed by atoms with van der Waals surface area (Å²) in [6.45, 7) is 4.12. The molecule has 4 saturated carbocycles. The van der Waals surface area contributed by atoms with Crippen LogP contribution < -0.4 is 5.32 Å². The fourth-order valence-corrected chi connectivity index (χ4v) is 6.26. The highest BCUT2D eigenvalue weighted by molar-refractivity contribution is 5.96. The summed E-state index contributed by atoms with van der Waals surface area (Å²) in [6.07, 6.45) is 7.10. The molecule has 140 valence electrons. The molecule has 1 aromatic carbocycles. The fourth-order valence-electron chi connectivity index (χ4n) is 6.26. The number of para-hydroxylation sites is 1. The van der Waals surface area contributed by atoms with Gasteiger partial charge in [0.25, 0.3) is 0 Å². The van der Waals surface area contributed by atoms with Gasteiger partial charge in [-0.15, -0.1) is 0 Å². The van der Waals surface area contributed by atoms with Gasteiger partial charge in [0.1, 0.15) is 0 Å². The summed E-state index contributed by atoms with van der Waals surface area (Å²) < 4.78 is 0. The van der Waals surface area contributed by atoms with Crippen LogP contribution in [0.25, 0.3) is 0 Å². The Morgan fingerprint density at radius 3 is 2.04 bits per heavy atom. The van der Waals surface area contributed by atoms with E-state index in [9.17, 15) is 9.59 Å². The van der Waals surface area contributed by atoms with E-state index >= 15 is 0 Å². The first-order chi connectivity index (χ1) is 12.4. The molecule has 5 rings (SSSR count). The third-order valence-electron chi connectivity index (χ3n) is 6.96. The SMILES string of the molecule is Cc1cccc(C)c1NC(=O)CN(C)C(=O)C12CC3CC(CC(C3)C1)C2. The number of nitrogens with zero attached hydrogens (tertiary/aromatic N) is 1. The molecular formula is C22H30N2O2. The zero-order chi connectivity index (χ0) is 18.5. The highest BCUT2D eigenvalue weighted by Gasteiger charge is 2.55. The molecule has 4 fully saturated rings. The molecule has 4 heteroatoms. The maximum atomic E-state index is 13.3. The van der Waals surface area contributed by atoms with Gasteiger partial charge in [0, 0.05) is 12.7 Å². The average Bonchev–Trinajstić information content (AvgIpc) is 2.56. The van der Waals surface area contributed by atoms with Crippen molar-refractivity contribution in [2.45, 2.75) is 52.4 Å². The number of hydrogen-bond donors (Lipinski definition) is 1.